The highest BCUT2D eigenvalue weighted by atomic mass is 16.3. The molecule has 3 nitrogen and oxygen atoms in total. The molecule has 2 aliphatic rings. The first kappa shape index (κ1) is 42.5. The second-order valence-electron chi connectivity index (χ2n) is 20.2. The fraction of sp³-hybridized carbons (Fsp3) is 0.0137. The van der Waals surface area contributed by atoms with Gasteiger partial charge in [0, 0.05) is 44.0 Å². The normalized spacial score (nSPS) is 12.8. The SMILES string of the molecule is c1ccc(-c2cc(-c3cccc4c3oc3ccc5c(c34)-c3ccccc3C53c4ccccc4-c4ccccc43)cc(N(c3ccccc3-c3ccccc3)c3cccc4c5ccccc5n(-c5ccccc5)c34)c2)cc1. The first-order valence-corrected chi connectivity index (χ1v) is 26.2. The van der Waals surface area contributed by atoms with Crippen LogP contribution in [0.1, 0.15) is 22.3 Å². The summed E-state index contributed by atoms with van der Waals surface area (Å²) in [7, 11) is 0. The topological polar surface area (TPSA) is 21.3 Å². The van der Waals surface area contributed by atoms with Gasteiger partial charge in [-0.1, -0.05) is 224 Å². The van der Waals surface area contributed by atoms with E-state index in [0.29, 0.717) is 0 Å². The Morgan fingerprint density at radius 1 is 0.342 bits per heavy atom. The Balaban J connectivity index is 0.980. The number of nitrogens with zero attached hydrogens (tertiary/aromatic N) is 2. The zero-order valence-corrected chi connectivity index (χ0v) is 41.4. The van der Waals surface area contributed by atoms with Gasteiger partial charge < -0.3 is 13.9 Å². The molecule has 0 unspecified atom stereocenters. The van der Waals surface area contributed by atoms with Crippen molar-refractivity contribution in [1.82, 2.24) is 4.57 Å². The number of rotatable bonds is 7. The molecule has 0 bridgehead atoms. The summed E-state index contributed by atoms with van der Waals surface area (Å²) in [6, 6.07) is 102. The summed E-state index contributed by atoms with van der Waals surface area (Å²) in [5, 5.41) is 4.65. The van der Waals surface area contributed by atoms with Crippen molar-refractivity contribution >= 4 is 60.8 Å². The van der Waals surface area contributed by atoms with E-state index in [1.165, 1.54) is 55.3 Å². The van der Waals surface area contributed by atoms with Crippen LogP contribution in [0.4, 0.5) is 17.1 Å². The van der Waals surface area contributed by atoms with E-state index < -0.39 is 5.41 Å². The Kier molecular flexibility index (Phi) is 9.25. The lowest BCUT2D eigenvalue weighted by molar-refractivity contribution is 0.669. The predicted molar refractivity (Wildman–Crippen MR) is 315 cm³/mol. The quantitative estimate of drug-likeness (QED) is 0.159. The predicted octanol–water partition coefficient (Wildman–Crippen LogP) is 19.5. The maximum Gasteiger partial charge on any atom is 0.143 e. The molecule has 76 heavy (non-hydrogen) atoms. The van der Waals surface area contributed by atoms with Crippen molar-refractivity contribution in [3.63, 3.8) is 0 Å². The van der Waals surface area contributed by atoms with Crippen molar-refractivity contribution in [2.75, 3.05) is 4.90 Å². The average molecular weight is 967 g/mol. The van der Waals surface area contributed by atoms with E-state index in [-0.39, 0.29) is 0 Å². The van der Waals surface area contributed by atoms with Gasteiger partial charge in [0.1, 0.15) is 11.2 Å². The van der Waals surface area contributed by atoms with Crippen molar-refractivity contribution < 1.29 is 4.42 Å². The number of benzene rings is 12. The van der Waals surface area contributed by atoms with Crippen molar-refractivity contribution in [3.8, 4) is 61.3 Å². The molecule has 0 radical (unpaired) electrons. The number of para-hydroxylation sites is 5. The highest BCUT2D eigenvalue weighted by Gasteiger charge is 2.52. The molecule has 12 aromatic carbocycles. The summed E-state index contributed by atoms with van der Waals surface area (Å²) < 4.78 is 9.74. The van der Waals surface area contributed by atoms with Crippen LogP contribution in [0.2, 0.25) is 0 Å². The largest absolute Gasteiger partial charge is 0.455 e. The lowest BCUT2D eigenvalue weighted by Crippen LogP contribution is -2.25. The number of hydrogen-bond donors (Lipinski definition) is 0. The highest BCUT2D eigenvalue weighted by Crippen LogP contribution is 2.64. The third-order valence-electron chi connectivity index (χ3n) is 16.4. The number of hydrogen-bond acceptors (Lipinski definition) is 2. The van der Waals surface area contributed by atoms with Crippen molar-refractivity contribution in [2.45, 2.75) is 5.41 Å². The molecule has 0 aliphatic heterocycles. The number of aromatic nitrogens is 1. The molecule has 2 aliphatic carbocycles. The Morgan fingerprint density at radius 3 is 1.63 bits per heavy atom. The van der Waals surface area contributed by atoms with Crippen LogP contribution in [0.5, 0.6) is 0 Å². The van der Waals surface area contributed by atoms with Gasteiger partial charge in [0.25, 0.3) is 0 Å². The molecule has 16 rings (SSSR count). The maximum absolute atomic E-state index is 7.30. The molecular weight excluding hydrogens is 921 g/mol. The van der Waals surface area contributed by atoms with Crippen molar-refractivity contribution in [3.05, 3.63) is 301 Å². The standard InChI is InChI=1S/C73H46N2O/c1-4-22-47(23-5-1)49-44-50(54-33-20-35-60-70-68(76-72(54)60)43-42-64-69(70)59-32-12-17-38-63(59)73(64)61-36-15-10-29-55(61)56-30-11-16-37-62(56)73)46-52(45-49)74(65-39-18-13-28-53(65)48-24-6-2-7-25-48)67-41-21-34-58-57-31-14-19-40-66(57)75(71(58)67)51-26-8-3-9-27-51/h1-46H. The number of anilines is 3. The third-order valence-corrected chi connectivity index (χ3v) is 16.4. The second kappa shape index (κ2) is 16.5. The zero-order chi connectivity index (χ0) is 49.9. The van der Waals surface area contributed by atoms with Crippen molar-refractivity contribution in [2.24, 2.45) is 0 Å². The molecule has 3 heteroatoms. The average Bonchev–Trinajstić information content (AvgIpc) is 4.42. The van der Waals surface area contributed by atoms with Gasteiger partial charge in [-0.3, -0.25) is 0 Å². The lowest BCUT2D eigenvalue weighted by Gasteiger charge is -2.30. The summed E-state index contributed by atoms with van der Waals surface area (Å²) in [5.41, 5.74) is 24.8. The smallest absolute Gasteiger partial charge is 0.143 e. The van der Waals surface area contributed by atoms with Crippen LogP contribution >= 0.6 is 0 Å². The Labute approximate surface area is 440 Å². The Morgan fingerprint density at radius 2 is 0.882 bits per heavy atom. The van der Waals surface area contributed by atoms with E-state index in [4.69, 9.17) is 4.42 Å². The van der Waals surface area contributed by atoms with Crippen LogP contribution in [-0.2, 0) is 5.41 Å². The fourth-order valence-corrected chi connectivity index (χ4v) is 13.4. The minimum atomic E-state index is -0.456. The molecule has 0 saturated heterocycles. The molecule has 0 amide bonds. The van der Waals surface area contributed by atoms with E-state index in [1.54, 1.807) is 0 Å². The van der Waals surface area contributed by atoms with Crippen LogP contribution in [0.15, 0.2) is 283 Å². The van der Waals surface area contributed by atoms with Gasteiger partial charge in [0.15, 0.2) is 0 Å². The summed E-state index contributed by atoms with van der Waals surface area (Å²) in [5.74, 6) is 0. The molecule has 0 saturated carbocycles. The van der Waals surface area contributed by atoms with E-state index in [9.17, 15) is 0 Å². The molecule has 354 valence electrons. The van der Waals surface area contributed by atoms with Crippen LogP contribution < -0.4 is 4.90 Å². The summed E-state index contributed by atoms with van der Waals surface area (Å²) in [4.78, 5) is 2.50. The van der Waals surface area contributed by atoms with Gasteiger partial charge in [0.05, 0.1) is 27.8 Å². The van der Waals surface area contributed by atoms with E-state index in [2.05, 4.69) is 289 Å². The van der Waals surface area contributed by atoms with E-state index >= 15 is 0 Å². The molecule has 0 fully saturated rings. The van der Waals surface area contributed by atoms with E-state index in [0.717, 1.165) is 89.1 Å². The van der Waals surface area contributed by atoms with Crippen LogP contribution in [-0.4, -0.2) is 4.57 Å². The highest BCUT2D eigenvalue weighted by molar-refractivity contribution is 6.19. The van der Waals surface area contributed by atoms with Crippen molar-refractivity contribution in [1.29, 1.82) is 0 Å². The monoisotopic (exact) mass is 966 g/mol. The van der Waals surface area contributed by atoms with E-state index in [1.807, 2.05) is 0 Å². The third kappa shape index (κ3) is 5.99. The van der Waals surface area contributed by atoms with Crippen LogP contribution in [0.3, 0.4) is 0 Å². The zero-order valence-electron chi connectivity index (χ0n) is 41.4. The molecule has 0 atom stereocenters. The molecule has 2 aromatic heterocycles. The lowest BCUT2D eigenvalue weighted by atomic mass is 9.70. The molecule has 1 spiro atoms. The molecule has 14 aromatic rings. The van der Waals surface area contributed by atoms with Gasteiger partial charge in [-0.05, 0) is 121 Å². The number of furan rings is 1. The summed E-state index contributed by atoms with van der Waals surface area (Å²) in [6.07, 6.45) is 0. The number of fused-ring (bicyclic) bond motifs is 17. The fourth-order valence-electron chi connectivity index (χ4n) is 13.4. The van der Waals surface area contributed by atoms with Gasteiger partial charge >= 0.3 is 0 Å². The first-order chi connectivity index (χ1) is 37.7. The van der Waals surface area contributed by atoms with Crippen LogP contribution in [0.25, 0.3) is 105 Å². The Hall–Kier alpha value is -9.96. The molecule has 2 heterocycles. The van der Waals surface area contributed by atoms with Gasteiger partial charge in [-0.25, -0.2) is 0 Å². The summed E-state index contributed by atoms with van der Waals surface area (Å²) >= 11 is 0. The second-order valence-corrected chi connectivity index (χ2v) is 20.2. The Bertz CT molecular complexity index is 4600. The minimum Gasteiger partial charge on any atom is -0.455 e. The van der Waals surface area contributed by atoms with Gasteiger partial charge in [0.2, 0.25) is 0 Å². The van der Waals surface area contributed by atoms with Gasteiger partial charge in [-0.15, -0.1) is 0 Å². The maximum atomic E-state index is 7.30. The molecular formula is C73H46N2O. The minimum absolute atomic E-state index is 0.456. The summed E-state index contributed by atoms with van der Waals surface area (Å²) in [6.45, 7) is 0. The molecule has 0 N–H and O–H groups in total. The first-order valence-electron chi connectivity index (χ1n) is 26.2. The van der Waals surface area contributed by atoms with Gasteiger partial charge in [-0.2, -0.15) is 0 Å². The van der Waals surface area contributed by atoms with Crippen LogP contribution in [0, 0.1) is 0 Å².